The van der Waals surface area contributed by atoms with E-state index in [1.807, 2.05) is 19.9 Å². The molecule has 4 aromatic rings. The lowest BCUT2D eigenvalue weighted by Gasteiger charge is -2.19. The molecule has 190 valence electrons. The van der Waals surface area contributed by atoms with Crippen LogP contribution in [-0.4, -0.2) is 32.2 Å². The summed E-state index contributed by atoms with van der Waals surface area (Å²) in [6.45, 7) is 8.24. The molecule has 1 N–H and O–H groups in total. The van der Waals surface area contributed by atoms with Crippen molar-refractivity contribution in [1.29, 1.82) is 0 Å². The summed E-state index contributed by atoms with van der Waals surface area (Å²) in [7, 11) is -2.21. The number of hydrazone groups is 1. The Labute approximate surface area is 218 Å². The summed E-state index contributed by atoms with van der Waals surface area (Å²) in [4.78, 5) is 12.8. The van der Waals surface area contributed by atoms with Gasteiger partial charge in [-0.25, -0.2) is 13.8 Å². The Hall–Kier alpha value is -4.17. The molecule has 0 bridgehead atoms. The predicted octanol–water partition coefficient (Wildman–Crippen LogP) is 5.30. The summed E-state index contributed by atoms with van der Waals surface area (Å²) in [5, 5.41) is 4.15. The number of benzene rings is 3. The van der Waals surface area contributed by atoms with Crippen LogP contribution in [0.3, 0.4) is 0 Å². The molecule has 0 unspecified atom stereocenters. The molecule has 1 amide bonds. The zero-order valence-corrected chi connectivity index (χ0v) is 22.4. The van der Waals surface area contributed by atoms with Gasteiger partial charge in [0.25, 0.3) is 15.9 Å². The van der Waals surface area contributed by atoms with Crippen LogP contribution in [0.5, 0.6) is 0 Å². The highest BCUT2D eigenvalue weighted by molar-refractivity contribution is 7.92. The van der Waals surface area contributed by atoms with Crippen LogP contribution in [0.2, 0.25) is 0 Å². The number of hydrogen-bond donors (Lipinski definition) is 1. The maximum atomic E-state index is 12.8. The number of hydrogen-bond acceptors (Lipinski definition) is 4. The number of nitrogens with one attached hydrogen (secondary N) is 1. The van der Waals surface area contributed by atoms with Gasteiger partial charge >= 0.3 is 0 Å². The molecule has 1 heterocycles. The van der Waals surface area contributed by atoms with Crippen molar-refractivity contribution in [2.75, 3.05) is 11.4 Å². The van der Waals surface area contributed by atoms with Gasteiger partial charge in [0.1, 0.15) is 0 Å². The molecule has 4 rings (SSSR count). The van der Waals surface area contributed by atoms with E-state index < -0.39 is 10.0 Å². The molecule has 0 radical (unpaired) electrons. The molecule has 8 heteroatoms. The summed E-state index contributed by atoms with van der Waals surface area (Å²) in [6, 6.07) is 22.9. The van der Waals surface area contributed by atoms with E-state index in [0.717, 1.165) is 22.6 Å². The summed E-state index contributed by atoms with van der Waals surface area (Å²) in [5.41, 5.74) is 9.91. The van der Waals surface area contributed by atoms with E-state index >= 15 is 0 Å². The second-order valence-corrected chi connectivity index (χ2v) is 10.9. The van der Waals surface area contributed by atoms with Gasteiger partial charge in [0, 0.05) is 35.2 Å². The van der Waals surface area contributed by atoms with Crippen LogP contribution in [-0.2, 0) is 10.0 Å². The number of carbonyl (C=O) groups excluding carboxylic acids is 1. The molecule has 1 aromatic heterocycles. The Morgan fingerprint density at radius 1 is 0.892 bits per heavy atom. The van der Waals surface area contributed by atoms with Gasteiger partial charge in [-0.15, -0.1) is 0 Å². The summed E-state index contributed by atoms with van der Waals surface area (Å²) in [5.74, 6) is -0.390. The van der Waals surface area contributed by atoms with Gasteiger partial charge in [-0.1, -0.05) is 24.3 Å². The van der Waals surface area contributed by atoms with Crippen LogP contribution in [0.15, 0.2) is 88.9 Å². The monoisotopic (exact) mass is 514 g/mol. The van der Waals surface area contributed by atoms with Gasteiger partial charge in [-0.05, 0) is 93.4 Å². The minimum atomic E-state index is -3.69. The third-order valence-corrected chi connectivity index (χ3v) is 8.28. The first-order chi connectivity index (χ1) is 17.6. The normalized spacial score (nSPS) is 11.6. The quantitative estimate of drug-likeness (QED) is 0.268. The number of sulfonamides is 1. The van der Waals surface area contributed by atoms with Crippen molar-refractivity contribution in [1.82, 2.24) is 9.99 Å². The Morgan fingerprint density at radius 2 is 1.57 bits per heavy atom. The number of carbonyl (C=O) groups is 1. The van der Waals surface area contributed by atoms with Crippen molar-refractivity contribution < 1.29 is 13.2 Å². The van der Waals surface area contributed by atoms with E-state index in [4.69, 9.17) is 0 Å². The lowest BCUT2D eigenvalue weighted by Crippen LogP contribution is -2.26. The summed E-state index contributed by atoms with van der Waals surface area (Å²) in [6.07, 6.45) is 1.63. The van der Waals surface area contributed by atoms with E-state index in [1.165, 1.54) is 22.5 Å². The molecule has 0 atom stereocenters. The van der Waals surface area contributed by atoms with Gasteiger partial charge in [0.05, 0.1) is 16.8 Å². The maximum Gasteiger partial charge on any atom is 0.271 e. The second kappa shape index (κ2) is 10.4. The second-order valence-electron chi connectivity index (χ2n) is 8.96. The fourth-order valence-corrected chi connectivity index (χ4v) is 5.33. The van der Waals surface area contributed by atoms with Gasteiger partial charge in [0.2, 0.25) is 0 Å². The molecule has 0 spiro atoms. The molecule has 0 aliphatic heterocycles. The molecule has 0 saturated heterocycles. The molecule has 0 aliphatic carbocycles. The minimum absolute atomic E-state index is 0.200. The first-order valence-electron chi connectivity index (χ1n) is 11.8. The highest BCUT2D eigenvalue weighted by atomic mass is 32.2. The van der Waals surface area contributed by atoms with Crippen LogP contribution in [0.25, 0.3) is 5.69 Å². The zero-order chi connectivity index (χ0) is 26.7. The van der Waals surface area contributed by atoms with Crippen LogP contribution in [0.4, 0.5) is 5.69 Å². The molecule has 3 aromatic carbocycles. The van der Waals surface area contributed by atoms with Gasteiger partial charge in [-0.3, -0.25) is 9.10 Å². The van der Waals surface area contributed by atoms with Crippen LogP contribution in [0, 0.1) is 27.7 Å². The number of rotatable bonds is 7. The molecule has 0 fully saturated rings. The smallest absolute Gasteiger partial charge is 0.271 e. The van der Waals surface area contributed by atoms with Crippen molar-refractivity contribution in [2.24, 2.45) is 5.10 Å². The largest absolute Gasteiger partial charge is 0.318 e. The first kappa shape index (κ1) is 25.9. The van der Waals surface area contributed by atoms with Crippen molar-refractivity contribution >= 4 is 27.8 Å². The summed E-state index contributed by atoms with van der Waals surface area (Å²) >= 11 is 0. The lowest BCUT2D eigenvalue weighted by atomic mass is 10.1. The van der Waals surface area contributed by atoms with E-state index in [0.29, 0.717) is 11.3 Å². The fourth-order valence-electron chi connectivity index (χ4n) is 4.12. The van der Waals surface area contributed by atoms with Crippen molar-refractivity contribution in [3.8, 4) is 5.69 Å². The standard InChI is InChI=1S/C29H30N4O3S/c1-20-11-14-27(17-21(20)2)33-22(3)18-25(23(33)4)19-30-31-29(34)24-12-15-26(16-13-24)32(5)37(35,36)28-9-7-6-8-10-28/h6-19H,1-5H3,(H,31,34)/b30-19+. The summed E-state index contributed by atoms with van der Waals surface area (Å²) < 4.78 is 29.0. The number of nitrogens with zero attached hydrogens (tertiary/aromatic N) is 3. The van der Waals surface area contributed by atoms with Crippen molar-refractivity contribution in [3.05, 3.63) is 113 Å². The first-order valence-corrected chi connectivity index (χ1v) is 13.3. The minimum Gasteiger partial charge on any atom is -0.318 e. The molecule has 7 nitrogen and oxygen atoms in total. The Bertz CT molecular complexity index is 1570. The highest BCUT2D eigenvalue weighted by Crippen LogP contribution is 2.23. The molecule has 0 saturated carbocycles. The third-order valence-electron chi connectivity index (χ3n) is 6.48. The average molecular weight is 515 g/mol. The Balaban J connectivity index is 1.45. The lowest BCUT2D eigenvalue weighted by molar-refractivity contribution is 0.0955. The van der Waals surface area contributed by atoms with Crippen molar-refractivity contribution in [2.45, 2.75) is 32.6 Å². The third kappa shape index (κ3) is 5.34. The molecule has 0 aliphatic rings. The fraction of sp³-hybridized carbons (Fsp3) is 0.172. The highest BCUT2D eigenvalue weighted by Gasteiger charge is 2.21. The average Bonchev–Trinajstić information content (AvgIpc) is 3.18. The van der Waals surface area contributed by atoms with Crippen molar-refractivity contribution in [3.63, 3.8) is 0 Å². The Kier molecular flexibility index (Phi) is 7.31. The molecule has 37 heavy (non-hydrogen) atoms. The number of aromatic nitrogens is 1. The molecular formula is C29H30N4O3S. The van der Waals surface area contributed by atoms with Gasteiger partial charge in [0.15, 0.2) is 0 Å². The van der Waals surface area contributed by atoms with E-state index in [9.17, 15) is 13.2 Å². The predicted molar refractivity (Wildman–Crippen MR) is 148 cm³/mol. The number of anilines is 1. The van der Waals surface area contributed by atoms with Gasteiger partial charge < -0.3 is 4.57 Å². The number of aryl methyl sites for hydroxylation is 3. The maximum absolute atomic E-state index is 12.8. The molecular weight excluding hydrogens is 484 g/mol. The zero-order valence-electron chi connectivity index (χ0n) is 21.6. The van der Waals surface area contributed by atoms with E-state index in [1.54, 1.807) is 60.8 Å². The van der Waals surface area contributed by atoms with Gasteiger partial charge in [-0.2, -0.15) is 5.10 Å². The van der Waals surface area contributed by atoms with Crippen LogP contribution < -0.4 is 9.73 Å². The van der Waals surface area contributed by atoms with E-state index in [2.05, 4.69) is 47.1 Å². The Morgan fingerprint density at radius 3 is 2.22 bits per heavy atom. The topological polar surface area (TPSA) is 83.8 Å². The van der Waals surface area contributed by atoms with Crippen LogP contribution >= 0.6 is 0 Å². The SMILES string of the molecule is Cc1ccc(-n2c(C)cc(/C=N/NC(=O)c3ccc(N(C)S(=O)(=O)c4ccccc4)cc3)c2C)cc1C. The van der Waals surface area contributed by atoms with E-state index in [-0.39, 0.29) is 10.8 Å². The number of amides is 1. The van der Waals surface area contributed by atoms with Crippen LogP contribution in [0.1, 0.15) is 38.4 Å².